The smallest absolute Gasteiger partial charge is 0.246 e. The summed E-state index contributed by atoms with van der Waals surface area (Å²) in [6.07, 6.45) is 1.30. The molecule has 1 atom stereocenters. The van der Waals surface area contributed by atoms with Crippen molar-refractivity contribution in [3.8, 4) is 0 Å². The molecule has 5 heteroatoms. The lowest BCUT2D eigenvalue weighted by molar-refractivity contribution is -0.143. The number of carbonyl (C=O) groups is 2. The summed E-state index contributed by atoms with van der Waals surface area (Å²) in [5.74, 6) is -0.517. The Balaban J connectivity index is 2.27. The maximum atomic E-state index is 11.2. The minimum Gasteiger partial charge on any atom is -0.374 e. The van der Waals surface area contributed by atoms with Crippen LogP contribution < -0.4 is 5.73 Å². The Bertz CT molecular complexity index is 309. The number of hydrogen-bond acceptors (Lipinski definition) is 3. The molecule has 0 aromatic carbocycles. The molecule has 17 heavy (non-hydrogen) atoms. The highest BCUT2D eigenvalue weighted by Gasteiger charge is 2.31. The molecule has 0 aromatic rings. The van der Waals surface area contributed by atoms with Gasteiger partial charge in [0.25, 0.3) is 0 Å². The van der Waals surface area contributed by atoms with Gasteiger partial charge < -0.3 is 15.4 Å². The van der Waals surface area contributed by atoms with Gasteiger partial charge in [0, 0.05) is 13.1 Å². The molecule has 0 radical (unpaired) electrons. The number of nitrogens with two attached hydrogens (primary N) is 1. The first kappa shape index (κ1) is 13.7. The average Bonchev–Trinajstić information content (AvgIpc) is 2.19. The third kappa shape index (κ3) is 3.56. The second kappa shape index (κ2) is 5.82. The van der Waals surface area contributed by atoms with Crippen molar-refractivity contribution in [1.29, 1.82) is 0 Å². The predicted molar refractivity (Wildman–Crippen MR) is 64.0 cm³/mol. The van der Waals surface area contributed by atoms with E-state index in [4.69, 9.17) is 10.5 Å². The van der Waals surface area contributed by atoms with Crippen molar-refractivity contribution in [2.75, 3.05) is 19.7 Å². The van der Waals surface area contributed by atoms with Gasteiger partial charge in [-0.25, -0.2) is 0 Å². The fraction of sp³-hybridized carbons (Fsp3) is 0.667. The second-order valence-electron chi connectivity index (χ2n) is 4.66. The van der Waals surface area contributed by atoms with E-state index < -0.39 is 0 Å². The molecular formula is C12H20N2O3. The number of carbonyl (C=O) groups excluding carboxylic acids is 2. The molecule has 2 amide bonds. The first-order valence-corrected chi connectivity index (χ1v) is 5.78. The fourth-order valence-electron chi connectivity index (χ4n) is 1.70. The number of amides is 2. The van der Waals surface area contributed by atoms with E-state index >= 15 is 0 Å². The van der Waals surface area contributed by atoms with Crippen molar-refractivity contribution in [2.24, 2.45) is 17.6 Å². The highest BCUT2D eigenvalue weighted by Crippen LogP contribution is 2.16. The molecule has 1 saturated heterocycles. The van der Waals surface area contributed by atoms with Gasteiger partial charge in [-0.3, -0.25) is 9.59 Å². The Hall–Kier alpha value is -1.36. The van der Waals surface area contributed by atoms with Gasteiger partial charge in [0.05, 0.1) is 18.6 Å². The lowest BCUT2D eigenvalue weighted by Gasteiger charge is -2.38. The lowest BCUT2D eigenvalue weighted by atomic mass is 9.96. The van der Waals surface area contributed by atoms with Crippen LogP contribution in [-0.2, 0) is 14.3 Å². The van der Waals surface area contributed by atoms with Gasteiger partial charge in [0.15, 0.2) is 0 Å². The van der Waals surface area contributed by atoms with E-state index in [0.29, 0.717) is 19.7 Å². The van der Waals surface area contributed by atoms with Gasteiger partial charge in [-0.15, -0.1) is 0 Å². The third-order valence-electron chi connectivity index (χ3n) is 3.02. The molecule has 1 rings (SSSR count). The Morgan fingerprint density at radius 1 is 1.53 bits per heavy atom. The Morgan fingerprint density at radius 3 is 2.53 bits per heavy atom. The summed E-state index contributed by atoms with van der Waals surface area (Å²) in [5.41, 5.74) is 5.28. The molecule has 0 saturated carbocycles. The molecule has 0 aromatic heterocycles. The molecular weight excluding hydrogens is 220 g/mol. The summed E-state index contributed by atoms with van der Waals surface area (Å²) in [7, 11) is 0. The van der Waals surface area contributed by atoms with Gasteiger partial charge in [-0.05, 0) is 12.0 Å². The van der Waals surface area contributed by atoms with Crippen LogP contribution in [0.25, 0.3) is 0 Å². The fourth-order valence-corrected chi connectivity index (χ4v) is 1.70. The normalized spacial score (nSPS) is 17.7. The van der Waals surface area contributed by atoms with E-state index in [1.807, 2.05) is 13.8 Å². The van der Waals surface area contributed by atoms with Gasteiger partial charge in [-0.2, -0.15) is 0 Å². The summed E-state index contributed by atoms with van der Waals surface area (Å²) < 4.78 is 5.56. The zero-order valence-corrected chi connectivity index (χ0v) is 10.4. The second-order valence-corrected chi connectivity index (χ2v) is 4.66. The van der Waals surface area contributed by atoms with Crippen LogP contribution in [0.3, 0.4) is 0 Å². The number of likely N-dealkylation sites (tertiary alicyclic amines) is 1. The van der Waals surface area contributed by atoms with Crippen LogP contribution in [-0.4, -0.2) is 42.5 Å². The van der Waals surface area contributed by atoms with Crippen LogP contribution in [0.15, 0.2) is 12.7 Å². The number of primary amides is 1. The monoisotopic (exact) mass is 240 g/mol. The van der Waals surface area contributed by atoms with Crippen molar-refractivity contribution in [1.82, 2.24) is 4.90 Å². The van der Waals surface area contributed by atoms with Crippen molar-refractivity contribution in [2.45, 2.75) is 20.0 Å². The summed E-state index contributed by atoms with van der Waals surface area (Å²) in [6, 6.07) is 0. The summed E-state index contributed by atoms with van der Waals surface area (Å²) in [6.45, 7) is 8.75. The molecule has 1 aliphatic heterocycles. The van der Waals surface area contributed by atoms with E-state index in [2.05, 4.69) is 6.58 Å². The average molecular weight is 240 g/mol. The van der Waals surface area contributed by atoms with Crippen molar-refractivity contribution in [3.05, 3.63) is 12.7 Å². The van der Waals surface area contributed by atoms with E-state index in [0.717, 1.165) is 0 Å². The molecule has 1 heterocycles. The molecule has 0 aliphatic carbocycles. The predicted octanol–water partition coefficient (Wildman–Crippen LogP) is 0.157. The standard InChI is InChI=1S/C12H20N2O3/c1-4-11(15)14-5-9(6-14)17-7-10(8(2)3)12(13)16/h4,8-10H,1,5-7H2,2-3H3,(H2,13,16)/t10-/m0/s1. The van der Waals surface area contributed by atoms with Crippen LogP contribution in [0, 0.1) is 11.8 Å². The molecule has 0 spiro atoms. The number of rotatable bonds is 6. The molecule has 2 N–H and O–H groups in total. The molecule has 1 aliphatic rings. The highest BCUT2D eigenvalue weighted by molar-refractivity contribution is 5.87. The zero-order chi connectivity index (χ0) is 13.0. The first-order valence-electron chi connectivity index (χ1n) is 5.78. The maximum absolute atomic E-state index is 11.2. The quantitative estimate of drug-likeness (QED) is 0.672. The first-order chi connectivity index (χ1) is 7.95. The van der Waals surface area contributed by atoms with Crippen LogP contribution in [0.5, 0.6) is 0 Å². The summed E-state index contributed by atoms with van der Waals surface area (Å²) >= 11 is 0. The van der Waals surface area contributed by atoms with Crippen molar-refractivity contribution in [3.63, 3.8) is 0 Å². The molecule has 0 unspecified atom stereocenters. The number of hydrogen-bond donors (Lipinski definition) is 1. The van der Waals surface area contributed by atoms with Crippen LogP contribution >= 0.6 is 0 Å². The Morgan fingerprint density at radius 2 is 2.12 bits per heavy atom. The minimum absolute atomic E-state index is 0.0134. The van der Waals surface area contributed by atoms with Crippen molar-refractivity contribution < 1.29 is 14.3 Å². The lowest BCUT2D eigenvalue weighted by Crippen LogP contribution is -2.55. The highest BCUT2D eigenvalue weighted by atomic mass is 16.5. The van der Waals surface area contributed by atoms with Gasteiger partial charge in [0.2, 0.25) is 11.8 Å². The van der Waals surface area contributed by atoms with Crippen LogP contribution in [0.1, 0.15) is 13.8 Å². The van der Waals surface area contributed by atoms with E-state index in [-0.39, 0.29) is 29.8 Å². The maximum Gasteiger partial charge on any atom is 0.246 e. The zero-order valence-electron chi connectivity index (χ0n) is 10.4. The summed E-state index contributed by atoms with van der Waals surface area (Å²) in [4.78, 5) is 24.0. The van der Waals surface area contributed by atoms with Crippen LogP contribution in [0.4, 0.5) is 0 Å². The van der Waals surface area contributed by atoms with E-state index in [1.165, 1.54) is 6.08 Å². The molecule has 96 valence electrons. The minimum atomic E-state index is -0.335. The summed E-state index contributed by atoms with van der Waals surface area (Å²) in [5, 5.41) is 0. The van der Waals surface area contributed by atoms with Crippen molar-refractivity contribution >= 4 is 11.8 Å². The molecule has 1 fully saturated rings. The van der Waals surface area contributed by atoms with Gasteiger partial charge >= 0.3 is 0 Å². The SMILES string of the molecule is C=CC(=O)N1CC(OC[C@H](C(N)=O)C(C)C)C1. The van der Waals surface area contributed by atoms with E-state index in [9.17, 15) is 9.59 Å². The largest absolute Gasteiger partial charge is 0.374 e. The Kier molecular flexibility index (Phi) is 4.69. The number of ether oxygens (including phenoxy) is 1. The topological polar surface area (TPSA) is 72.6 Å². The van der Waals surface area contributed by atoms with Crippen LogP contribution in [0.2, 0.25) is 0 Å². The number of nitrogens with zero attached hydrogens (tertiary/aromatic N) is 1. The third-order valence-corrected chi connectivity index (χ3v) is 3.02. The Labute approximate surface area is 102 Å². The van der Waals surface area contributed by atoms with Gasteiger partial charge in [0.1, 0.15) is 0 Å². The van der Waals surface area contributed by atoms with Gasteiger partial charge in [-0.1, -0.05) is 20.4 Å². The molecule has 0 bridgehead atoms. The molecule has 5 nitrogen and oxygen atoms in total. The van der Waals surface area contributed by atoms with E-state index in [1.54, 1.807) is 4.90 Å².